The highest BCUT2D eigenvalue weighted by Crippen LogP contribution is 2.21. The highest BCUT2D eigenvalue weighted by Gasteiger charge is 2.39. The molecular formula is C71H86B4N10O30. The second-order valence-electron chi connectivity index (χ2n) is 24.0. The number of carboxylic acid groups (broad SMARTS) is 1. The SMILES string of the molecule is C=N.NC1COC(=O)CC(NCC(=O)c2ccccc2)C(=O)OC1.O=C1CC(C(=O)c2ccccc2)C(=O)O1.[B]C(=O)NC(CO)CO.[B]C(=O)NC(CO)COC(=O)CC(NCC(=O)c1ccccc1)C(=O)O.[B]C(=O)NC1COC(=O)CC(N)C(=O)OC1.[B]C(=O)NC1COC(=O)CC(NCC(=O)c2ccccc2)C(=O)OC1.[HH]. The molecule has 0 aromatic heterocycles. The molecule has 0 spiro atoms. The predicted molar refractivity (Wildman–Crippen MR) is 402 cm³/mol. The van der Waals surface area contributed by atoms with Crippen LogP contribution in [0.3, 0.4) is 0 Å². The van der Waals surface area contributed by atoms with Gasteiger partial charge >= 0.3 is 59.7 Å². The molecule has 8 radical (unpaired) electrons. The summed E-state index contributed by atoms with van der Waals surface area (Å²) in [5.74, 6) is -12.7. The van der Waals surface area contributed by atoms with Crippen molar-refractivity contribution >= 4 is 144 Å². The Bertz CT molecular complexity index is 3910. The number of ketones is 4. The average molecular weight is 1600 g/mol. The van der Waals surface area contributed by atoms with Crippen molar-refractivity contribution in [3.8, 4) is 0 Å². The molecule has 9 unspecified atom stereocenters. The van der Waals surface area contributed by atoms with Crippen LogP contribution in [0.4, 0.5) is 19.2 Å². The van der Waals surface area contributed by atoms with Gasteiger partial charge in [0.1, 0.15) is 76.3 Å². The van der Waals surface area contributed by atoms with Gasteiger partial charge in [-0.25, -0.2) is 0 Å². The van der Waals surface area contributed by atoms with E-state index in [2.05, 4.69) is 56.5 Å². The smallest absolute Gasteiger partial charge is 0.325 e. The van der Waals surface area contributed by atoms with E-state index in [1.165, 1.54) is 0 Å². The van der Waals surface area contributed by atoms with Crippen molar-refractivity contribution < 1.29 is 146 Å². The zero-order chi connectivity index (χ0) is 86.0. The van der Waals surface area contributed by atoms with Gasteiger partial charge in [-0.3, -0.25) is 102 Å². The van der Waals surface area contributed by atoms with Crippen LogP contribution in [0.15, 0.2) is 121 Å². The van der Waals surface area contributed by atoms with Gasteiger partial charge in [-0.2, -0.15) is 0 Å². The minimum Gasteiger partial charge on any atom is -0.480 e. The molecule has 612 valence electrons. The molecule has 115 heavy (non-hydrogen) atoms. The first-order chi connectivity index (χ1) is 54.7. The van der Waals surface area contributed by atoms with Gasteiger partial charge in [0.05, 0.1) is 102 Å². The van der Waals surface area contributed by atoms with Gasteiger partial charge in [-0.15, -0.1) is 0 Å². The highest BCUT2D eigenvalue weighted by molar-refractivity contribution is 6.58. The molecule has 4 aromatic carbocycles. The Balaban J connectivity index is 0.000000708. The molecule has 4 aliphatic rings. The van der Waals surface area contributed by atoms with E-state index >= 15 is 0 Å². The molecule has 4 saturated heterocycles. The Morgan fingerprint density at radius 3 is 1.22 bits per heavy atom. The number of nitrogens with two attached hydrogens (primary N) is 2. The fourth-order valence-corrected chi connectivity index (χ4v) is 9.08. The molecule has 8 rings (SSSR count). The van der Waals surface area contributed by atoms with Crippen LogP contribution in [0.5, 0.6) is 0 Å². The molecule has 4 aliphatic heterocycles. The monoisotopic (exact) mass is 1600 g/mol. The van der Waals surface area contributed by atoms with Crippen LogP contribution in [0.25, 0.3) is 0 Å². The Hall–Kier alpha value is -12.1. The second-order valence-corrected chi connectivity index (χ2v) is 24.0. The summed E-state index contributed by atoms with van der Waals surface area (Å²) < 4.78 is 38.6. The molecule has 4 amide bonds. The number of hydrogen-bond acceptors (Lipinski definition) is 35. The molecule has 0 bridgehead atoms. The summed E-state index contributed by atoms with van der Waals surface area (Å²) in [6.07, 6.45) is -1.42. The third-order valence-corrected chi connectivity index (χ3v) is 14.9. The molecule has 4 aromatic rings. The molecule has 40 nitrogen and oxygen atoms in total. The highest BCUT2D eigenvalue weighted by atomic mass is 16.6. The van der Waals surface area contributed by atoms with E-state index in [4.69, 9.17) is 94.0 Å². The maximum atomic E-state index is 12.1. The van der Waals surface area contributed by atoms with Crippen molar-refractivity contribution in [3.63, 3.8) is 0 Å². The summed E-state index contributed by atoms with van der Waals surface area (Å²) in [5.41, 5.74) is 12.8. The number of carbonyl (C=O) groups excluding carboxylic acids is 17. The third kappa shape index (κ3) is 41.9. The van der Waals surface area contributed by atoms with Gasteiger partial charge in [0.2, 0.25) is 31.4 Å². The fraction of sp³-hybridized carbons (Fsp3) is 0.394. The number of nitrogens with one attached hydrogen (secondary N) is 8. The lowest BCUT2D eigenvalue weighted by Gasteiger charge is -2.17. The molecule has 0 saturated carbocycles. The first kappa shape index (κ1) is 99.0. The molecule has 16 N–H and O–H groups in total. The number of cyclic esters (lactones) is 8. The topological polar surface area (TPSA) is 622 Å². The quantitative estimate of drug-likeness (QED) is 0.00712. The minimum absolute atomic E-state index is 0. The van der Waals surface area contributed by atoms with E-state index in [-0.39, 0.29) is 129 Å². The van der Waals surface area contributed by atoms with Crippen LogP contribution >= 0.6 is 0 Å². The molecule has 4 heterocycles. The Kier molecular flexibility index (Phi) is 47.7. The second kappa shape index (κ2) is 55.4. The molecule has 0 aliphatic carbocycles. The fourth-order valence-electron chi connectivity index (χ4n) is 9.08. The lowest BCUT2D eigenvalue weighted by atomic mass is 9.96. The van der Waals surface area contributed by atoms with Gasteiger partial charge in [-0.1, -0.05) is 121 Å². The Morgan fingerprint density at radius 2 is 0.835 bits per heavy atom. The number of amides is 4. The summed E-state index contributed by atoms with van der Waals surface area (Å²) in [6.45, 7) is -0.109. The lowest BCUT2D eigenvalue weighted by molar-refractivity contribution is -0.153. The van der Waals surface area contributed by atoms with Crippen LogP contribution in [-0.4, -0.2) is 305 Å². The Morgan fingerprint density at radius 1 is 0.470 bits per heavy atom. The normalized spacial score (nSPS) is 19.0. The van der Waals surface area contributed by atoms with E-state index in [1.54, 1.807) is 121 Å². The van der Waals surface area contributed by atoms with Gasteiger partial charge in [-0.05, 0) is 6.72 Å². The van der Waals surface area contributed by atoms with E-state index in [1.807, 2.05) is 0 Å². The van der Waals surface area contributed by atoms with Crippen molar-refractivity contribution in [1.82, 2.24) is 37.2 Å². The number of rotatable bonds is 26. The lowest BCUT2D eigenvalue weighted by Crippen LogP contribution is -2.43. The maximum absolute atomic E-state index is 12.1. The van der Waals surface area contributed by atoms with Gasteiger partial charge < -0.3 is 96.5 Å². The largest absolute Gasteiger partial charge is 0.480 e. The number of carboxylic acids is 1. The number of esters is 9. The summed E-state index contributed by atoms with van der Waals surface area (Å²) in [6, 6.07) is 26.1. The summed E-state index contributed by atoms with van der Waals surface area (Å²) in [5, 5.41) is 57.2. The zero-order valence-corrected chi connectivity index (χ0v) is 61.6. The van der Waals surface area contributed by atoms with Crippen molar-refractivity contribution in [2.75, 3.05) is 85.7 Å². The van der Waals surface area contributed by atoms with Crippen molar-refractivity contribution in [2.24, 2.45) is 17.4 Å². The maximum Gasteiger partial charge on any atom is 0.325 e. The van der Waals surface area contributed by atoms with Crippen LogP contribution in [-0.2, 0) is 85.8 Å². The summed E-state index contributed by atoms with van der Waals surface area (Å²) in [7, 11) is 19.5. The third-order valence-electron chi connectivity index (χ3n) is 14.9. The summed E-state index contributed by atoms with van der Waals surface area (Å²) in [4.78, 5) is 205. The number of aliphatic carboxylic acids is 1. The number of aliphatic hydroxyl groups is 3. The van der Waals surface area contributed by atoms with Crippen molar-refractivity contribution in [1.29, 1.82) is 5.41 Å². The van der Waals surface area contributed by atoms with Crippen LogP contribution in [0, 0.1) is 11.3 Å². The first-order valence-corrected chi connectivity index (χ1v) is 34.3. The number of Topliss-reactive ketones (excluding diaryl/α,β-unsaturated/α-hetero) is 4. The van der Waals surface area contributed by atoms with Crippen molar-refractivity contribution in [2.45, 2.75) is 86.5 Å². The van der Waals surface area contributed by atoms with E-state index in [9.17, 15) is 86.3 Å². The number of hydrogen-bond donors (Lipinski definition) is 14. The predicted octanol–water partition coefficient (Wildman–Crippen LogP) is -3.97. The standard InChI is InChI=1S/C16H19BN2O7.C16H17BN2O6.C15H18N2O5.C11H8O4.C8H11BN2O5.C4H8BNO3.CH3N.H2/c17-16(25)19-11(8-20)9-26-14(22)6-12(15(23)24)18-7-13(21)10-4-2-1-3-5-10;17-16(23)19-11-8-24-14(21)6-12(15(22)25-9-11)18-7-13(20)10-4-2-1-3-5-10;16-11-8-21-14(19)6-12(15(20)22-9-11)17-7-13(18)10-4-2-1-3-5-10;12-9-6-8(11(14)15-9)10(13)7-4-2-1-3-5-7;9-8(14)11-4-2-15-6(12)1-5(10)7(13)16-3-4;5-4(9)6-3(1-7)2-8;1-2;/h1-5,11-12,18,20H,6-9H2,(H,19,25)(H,23,24);1-5,11-12,18H,6-9H2,(H,19,23);1-5,11-12,17H,6-9,16H2;1-5,8H,6H2;4-5H,1-3,10H2,(H,11,14);3,7-8H,1-2H2,(H,6,9);2H,1H2;1H. The van der Waals surface area contributed by atoms with Gasteiger partial charge in [0.25, 0.3) is 0 Å². The van der Waals surface area contributed by atoms with E-state index in [0.29, 0.717) is 22.3 Å². The summed E-state index contributed by atoms with van der Waals surface area (Å²) >= 11 is 0. The number of carbonyl (C=O) groups is 18. The number of ether oxygens (including phenoxy) is 8. The Labute approximate surface area is 663 Å². The number of aliphatic hydroxyl groups excluding tert-OH is 3. The van der Waals surface area contributed by atoms with Crippen LogP contribution < -0.4 is 48.7 Å². The van der Waals surface area contributed by atoms with Crippen molar-refractivity contribution in [3.05, 3.63) is 144 Å². The first-order valence-electron chi connectivity index (χ1n) is 34.3. The van der Waals surface area contributed by atoms with Gasteiger partial charge in [0, 0.05) is 23.7 Å². The van der Waals surface area contributed by atoms with E-state index < -0.39 is 156 Å². The molecular weight excluding hydrogens is 1520 g/mol. The average Bonchev–Trinajstić information content (AvgIpc) is 1.69. The zero-order valence-electron chi connectivity index (χ0n) is 61.6. The van der Waals surface area contributed by atoms with Crippen LogP contribution in [0.1, 0.15) is 75.0 Å². The minimum atomic E-state index is -1.33. The molecule has 44 heteroatoms. The molecule has 4 fully saturated rings. The van der Waals surface area contributed by atoms with Gasteiger partial charge in [0.15, 0.2) is 46.4 Å². The van der Waals surface area contributed by atoms with E-state index in [0.717, 1.165) is 0 Å². The van der Waals surface area contributed by atoms with Crippen LogP contribution in [0.2, 0.25) is 0 Å². The molecule has 9 atom stereocenters. The number of benzene rings is 4.